The average molecular weight is 1180 g/mol. The van der Waals surface area contributed by atoms with Crippen LogP contribution in [0.1, 0.15) is 63.1 Å². The summed E-state index contributed by atoms with van der Waals surface area (Å²) in [6.45, 7) is 7.05. The van der Waals surface area contributed by atoms with Crippen LogP contribution in [0.5, 0.6) is 0 Å². The van der Waals surface area contributed by atoms with Gasteiger partial charge in [-0.3, -0.25) is 28.7 Å². The van der Waals surface area contributed by atoms with E-state index in [9.17, 15) is 55.3 Å². The number of hydrogen-bond acceptors (Lipinski definition) is 19. The Hall–Kier alpha value is -3.43. The molecule has 3 radical (unpaired) electrons. The summed E-state index contributed by atoms with van der Waals surface area (Å²) in [5, 5.41) is 29.9. The topological polar surface area (TPSA) is 364 Å². The Labute approximate surface area is 520 Å². The van der Waals surface area contributed by atoms with Gasteiger partial charge in [-0.05, 0) is 34.9 Å². The molecule has 2 unspecified atom stereocenters. The molecule has 7 rings (SSSR count). The van der Waals surface area contributed by atoms with Gasteiger partial charge in [0.05, 0.1) is 41.8 Å². The minimum atomic E-state index is -4.65. The first-order chi connectivity index (χ1) is 35.1. The van der Waals surface area contributed by atoms with Crippen molar-refractivity contribution >= 4 is 63.1 Å². The van der Waals surface area contributed by atoms with Gasteiger partial charge < -0.3 is 38.6 Å². The van der Waals surface area contributed by atoms with Gasteiger partial charge in [0.25, 0.3) is 11.1 Å². The van der Waals surface area contributed by atoms with E-state index >= 15 is 0 Å². The summed E-state index contributed by atoms with van der Waals surface area (Å²) in [6, 6.07) is 21.0. The molecule has 6 atom stereocenters. The van der Waals surface area contributed by atoms with Crippen LogP contribution in [-0.2, 0) is 45.1 Å². The molecule has 0 spiro atoms. The minimum absolute atomic E-state index is 0. The monoisotopic (exact) mass is 1180 g/mol. The van der Waals surface area contributed by atoms with Crippen molar-refractivity contribution in [2.75, 3.05) is 19.8 Å². The van der Waals surface area contributed by atoms with Crippen molar-refractivity contribution in [3.05, 3.63) is 157 Å². The Morgan fingerprint density at radius 2 is 1.21 bits per heavy atom. The molecule has 2 saturated heterocycles. The SMILES string of the molecule is C=CCOC1C[C@H](n2cc(C#CCC)c(=O)[nH]c2=O)O[C@@H]1CO.CCC#Cc1cn([C@H]2CC(O)[C@@H](CO)O2)c(=O)[nH]c1=O.O=S(=O)([O-])c1cccc(P(c2c[c-]ccc2)c2cccc(S(=O)(=O)[O-])c2)c1.O=S(=O)=O.[B].[Na+].[Na+].[Na+]. The fourth-order valence-corrected chi connectivity index (χ4v) is 10.5. The molecule has 3 aromatic carbocycles. The third-order valence-electron chi connectivity index (χ3n) is 10.2. The van der Waals surface area contributed by atoms with E-state index in [0.717, 1.165) is 5.30 Å². The summed E-state index contributed by atoms with van der Waals surface area (Å²) >= 11 is 0. The Morgan fingerprint density at radius 1 is 0.769 bits per heavy atom. The van der Waals surface area contributed by atoms with Crippen molar-refractivity contribution in [3.8, 4) is 23.7 Å². The summed E-state index contributed by atoms with van der Waals surface area (Å²) in [5.74, 6) is 10.9. The van der Waals surface area contributed by atoms with Gasteiger partial charge in [0.1, 0.15) is 56.0 Å². The molecule has 31 heteroatoms. The van der Waals surface area contributed by atoms with Crippen LogP contribution in [0.4, 0.5) is 0 Å². The molecule has 2 aliphatic rings. The maximum atomic E-state index is 12.0. The number of H-pyrrole nitrogens is 2. The molecule has 78 heavy (non-hydrogen) atoms. The Kier molecular flexibility index (Phi) is 34.5. The van der Waals surface area contributed by atoms with Crippen LogP contribution >= 0.6 is 7.92 Å². The molecule has 2 aliphatic heterocycles. The average Bonchev–Trinajstić information content (AvgIpc) is 3.95. The van der Waals surface area contributed by atoms with E-state index in [0.29, 0.717) is 36.5 Å². The second-order valence-electron chi connectivity index (χ2n) is 15.3. The molecule has 0 aliphatic carbocycles. The van der Waals surface area contributed by atoms with Crippen LogP contribution in [-0.4, -0.2) is 126 Å². The predicted octanol–water partition coefficient (Wildman–Crippen LogP) is -10.2. The van der Waals surface area contributed by atoms with E-state index in [1.165, 1.54) is 57.9 Å². The van der Waals surface area contributed by atoms with E-state index in [1.807, 2.05) is 13.8 Å². The van der Waals surface area contributed by atoms with Crippen LogP contribution in [0.25, 0.3) is 0 Å². The van der Waals surface area contributed by atoms with Gasteiger partial charge >= 0.3 is 111 Å². The standard InChI is InChI=1S/C18H14O6PS2.C16H20N2O5.C13H16N2O5.B.3Na.O3S/c19-26(20,21)17-10-4-8-15(12-17)25(14-6-2-1-3-7-14)16-9-5-11-18(13-16)27(22,23)24;1-3-5-6-11-9-18(16(21)17-15(11)20)14-8-12(22-7-4-2)13(10-19)23-14;1-2-3-4-8-6-15(13(19)14-12(8)18)11-5-9(17)10(7-16)20-11;;;;;1-4(2)3/h1-2,4-13H,(H,19,20,21)(H,22,23,24);4,9,12-14,19H,2-3,7-8,10H2,1H3,(H,17,20,21);6,9-11,16-17H,2,5,7H2,1H3,(H,14,18,19);;;;;/q-1;;;;3*+1;/p-2/t;12?,13-,14-;9?,10-,11-;;;;;/m.11...../s1. The van der Waals surface area contributed by atoms with Crippen molar-refractivity contribution in [3.63, 3.8) is 0 Å². The van der Waals surface area contributed by atoms with Gasteiger partial charge in [0.15, 0.2) is 0 Å². The number of ether oxygens (including phenoxy) is 3. The zero-order valence-corrected chi connectivity index (χ0v) is 52.1. The van der Waals surface area contributed by atoms with Crippen molar-refractivity contribution < 1.29 is 157 Å². The van der Waals surface area contributed by atoms with Gasteiger partial charge in [-0.1, -0.05) is 75.8 Å². The predicted molar refractivity (Wildman–Crippen MR) is 270 cm³/mol. The van der Waals surface area contributed by atoms with E-state index < -0.39 is 92.0 Å². The first-order valence-corrected chi connectivity index (χ1v) is 27.0. The molecule has 2 fully saturated rings. The number of aliphatic hydroxyl groups is 3. The molecule has 4 heterocycles. The van der Waals surface area contributed by atoms with Gasteiger partial charge in [0.2, 0.25) is 0 Å². The fraction of sp³-hybridized carbons (Fsp3) is 0.319. The van der Waals surface area contributed by atoms with Crippen molar-refractivity contribution in [1.29, 1.82) is 0 Å². The third kappa shape index (κ3) is 22.5. The largest absolute Gasteiger partial charge is 1.00 e. The fourth-order valence-electron chi connectivity index (χ4n) is 6.92. The number of nitrogens with one attached hydrogen (secondary N) is 2. The normalized spacial score (nSPS) is 17.9. The van der Waals surface area contributed by atoms with E-state index in [4.69, 9.17) is 31.9 Å². The van der Waals surface area contributed by atoms with Crippen molar-refractivity contribution in [2.45, 2.75) is 86.2 Å². The van der Waals surface area contributed by atoms with Gasteiger partial charge in [-0.15, -0.1) is 24.5 Å². The molecule has 2 aromatic heterocycles. The number of hydrogen-bond donors (Lipinski definition) is 5. The zero-order chi connectivity index (χ0) is 54.8. The van der Waals surface area contributed by atoms with Crippen LogP contribution in [0.15, 0.2) is 127 Å². The van der Waals surface area contributed by atoms with Gasteiger partial charge in [0, 0.05) is 46.5 Å². The minimum Gasteiger partial charge on any atom is -0.744 e. The van der Waals surface area contributed by atoms with Gasteiger partial charge in [-0.25, -0.2) is 26.4 Å². The Morgan fingerprint density at radius 3 is 1.59 bits per heavy atom. The van der Waals surface area contributed by atoms with E-state index in [2.05, 4.69) is 46.3 Å². The van der Waals surface area contributed by atoms with Crippen LogP contribution < -0.4 is 127 Å². The molecule has 399 valence electrons. The number of rotatable bonds is 12. The molecule has 5 aromatic rings. The smallest absolute Gasteiger partial charge is 0.744 e. The summed E-state index contributed by atoms with van der Waals surface area (Å²) < 4.78 is 113. The summed E-state index contributed by atoms with van der Waals surface area (Å²) in [7, 11) is -13.8. The molecule has 0 saturated carbocycles. The Balaban J connectivity index is 0.00000108. The number of nitrogens with zero attached hydrogens (tertiary/aromatic N) is 2. The maximum Gasteiger partial charge on any atom is 1.00 e. The second kappa shape index (κ2) is 36.1. The zero-order valence-electron chi connectivity index (χ0n) is 42.8. The van der Waals surface area contributed by atoms with Crippen LogP contribution in [0, 0.1) is 29.7 Å². The van der Waals surface area contributed by atoms with Crippen LogP contribution in [0.2, 0.25) is 0 Å². The second-order valence-corrected chi connectivity index (χ2v) is 20.6. The number of benzene rings is 3. The quantitative estimate of drug-likeness (QED) is 0.0193. The third-order valence-corrected chi connectivity index (χ3v) is 14.3. The Bertz CT molecular complexity index is 3420. The van der Waals surface area contributed by atoms with Crippen molar-refractivity contribution in [1.82, 2.24) is 19.1 Å². The molecule has 5 N–H and O–H groups in total. The van der Waals surface area contributed by atoms with E-state index in [1.54, 1.807) is 42.5 Å². The van der Waals surface area contributed by atoms with E-state index in [-0.39, 0.29) is 144 Å². The summed E-state index contributed by atoms with van der Waals surface area (Å²) in [5.41, 5.74) is -1.92. The summed E-state index contributed by atoms with van der Waals surface area (Å²) in [6.07, 6.45) is 2.21. The van der Waals surface area contributed by atoms with Crippen LogP contribution in [0.3, 0.4) is 0 Å². The molecule has 0 amide bonds. The summed E-state index contributed by atoms with van der Waals surface area (Å²) in [4.78, 5) is 50.8. The first-order valence-electron chi connectivity index (χ1n) is 21.8. The maximum absolute atomic E-state index is 12.0. The number of aliphatic hydroxyl groups excluding tert-OH is 3. The molecule has 0 bridgehead atoms. The number of aromatic nitrogens is 4. The molecule has 23 nitrogen and oxygen atoms in total. The molecular weight excluding hydrogens is 1130 g/mol. The first kappa shape index (κ1) is 74.6. The number of aromatic amines is 2. The van der Waals surface area contributed by atoms with Crippen molar-refractivity contribution in [2.24, 2.45) is 0 Å². The van der Waals surface area contributed by atoms with Gasteiger partial charge in [-0.2, -0.15) is 30.3 Å². The molecular formula is C47H48BN4Na3O19PS3.